The summed E-state index contributed by atoms with van der Waals surface area (Å²) in [6, 6.07) is 0. The van der Waals surface area contributed by atoms with Crippen molar-refractivity contribution in [3.05, 3.63) is 0 Å². The van der Waals surface area contributed by atoms with Crippen molar-refractivity contribution in [2.75, 3.05) is 0 Å². The maximum atomic E-state index is 2.42. The Morgan fingerprint density at radius 3 is 1.75 bits per heavy atom. The molecule has 1 heteroatoms. The lowest BCUT2D eigenvalue weighted by Gasteiger charge is -2.32. The lowest BCUT2D eigenvalue weighted by atomic mass is 9.73. The Labute approximate surface area is 103 Å². The first-order valence-electron chi connectivity index (χ1n) is 6.62. The zero-order valence-electron chi connectivity index (χ0n) is 12.5. The largest absolute Gasteiger partial charge is 0.269 e. The first-order chi connectivity index (χ1) is 6.62. The van der Waals surface area contributed by atoms with E-state index in [2.05, 4.69) is 48.5 Å². The molecule has 0 aromatic heterocycles. The van der Waals surface area contributed by atoms with Crippen molar-refractivity contribution >= 4 is 0 Å². The van der Waals surface area contributed by atoms with Crippen LogP contribution in [-0.2, 0) is 0 Å². The van der Waals surface area contributed by atoms with Crippen LogP contribution in [0.4, 0.5) is 4.70 Å². The number of halogens is 1. The van der Waals surface area contributed by atoms with Crippen LogP contribution in [0, 0.1) is 16.7 Å². The third-order valence-corrected chi connectivity index (χ3v) is 2.89. The van der Waals surface area contributed by atoms with Gasteiger partial charge in [0.1, 0.15) is 0 Å². The van der Waals surface area contributed by atoms with Gasteiger partial charge in [-0.05, 0) is 29.6 Å². The van der Waals surface area contributed by atoms with Crippen molar-refractivity contribution < 1.29 is 4.70 Å². The molecule has 0 atom stereocenters. The monoisotopic (exact) mass is 232 g/mol. The van der Waals surface area contributed by atoms with Gasteiger partial charge in [-0.25, -0.2) is 0 Å². The maximum Gasteiger partial charge on any atom is -0.0349 e. The van der Waals surface area contributed by atoms with E-state index in [-0.39, 0.29) is 4.70 Å². The fraction of sp³-hybridized carbons (Fsp3) is 1.00. The van der Waals surface area contributed by atoms with Crippen molar-refractivity contribution in [1.29, 1.82) is 0 Å². The first-order valence-corrected chi connectivity index (χ1v) is 6.62. The van der Waals surface area contributed by atoms with Crippen molar-refractivity contribution in [1.82, 2.24) is 0 Å². The molecule has 0 spiro atoms. The van der Waals surface area contributed by atoms with Gasteiger partial charge in [0, 0.05) is 0 Å². The van der Waals surface area contributed by atoms with Crippen molar-refractivity contribution in [3.63, 3.8) is 0 Å². The molecular formula is C15H33F. The number of hydrogen-bond donors (Lipinski definition) is 0. The second-order valence-corrected chi connectivity index (χ2v) is 7.54. The van der Waals surface area contributed by atoms with E-state index in [1.54, 1.807) is 0 Å². The Hall–Kier alpha value is -0.0700. The molecule has 0 aliphatic carbocycles. The highest BCUT2D eigenvalue weighted by Crippen LogP contribution is 2.37. The third kappa shape index (κ3) is 12.0. The molecule has 0 rings (SSSR count). The summed E-state index contributed by atoms with van der Waals surface area (Å²) in [7, 11) is 0. The van der Waals surface area contributed by atoms with Gasteiger partial charge in [0.2, 0.25) is 0 Å². The van der Waals surface area contributed by atoms with Crippen molar-refractivity contribution in [2.24, 2.45) is 16.7 Å². The molecule has 0 aromatic carbocycles. The van der Waals surface area contributed by atoms with Crippen LogP contribution in [0.5, 0.6) is 0 Å². The molecule has 0 unspecified atom stereocenters. The predicted octanol–water partition coefficient (Wildman–Crippen LogP) is 5.82. The van der Waals surface area contributed by atoms with Crippen LogP contribution in [0.2, 0.25) is 0 Å². The highest BCUT2D eigenvalue weighted by Gasteiger charge is 2.24. The molecular weight excluding hydrogens is 199 g/mol. The normalized spacial score (nSPS) is 12.8. The minimum Gasteiger partial charge on any atom is -0.269 e. The number of hydrogen-bond acceptors (Lipinski definition) is 0. The Bertz CT molecular complexity index is 163. The molecule has 0 radical (unpaired) electrons. The molecule has 16 heavy (non-hydrogen) atoms. The molecule has 0 saturated carbocycles. The summed E-state index contributed by atoms with van der Waals surface area (Å²) in [5.41, 5.74) is 0.997. The fourth-order valence-corrected chi connectivity index (χ4v) is 2.68. The quantitative estimate of drug-likeness (QED) is 0.506. The van der Waals surface area contributed by atoms with E-state index in [1.165, 1.54) is 32.1 Å². The fourth-order valence-electron chi connectivity index (χ4n) is 2.68. The molecule has 0 bridgehead atoms. The Kier molecular flexibility index (Phi) is 8.34. The first kappa shape index (κ1) is 18.3. The molecule has 0 aromatic rings. The summed E-state index contributed by atoms with van der Waals surface area (Å²) in [5, 5.41) is 0. The van der Waals surface area contributed by atoms with E-state index in [0.29, 0.717) is 10.8 Å². The number of rotatable bonds is 6. The summed E-state index contributed by atoms with van der Waals surface area (Å²) >= 11 is 0. The van der Waals surface area contributed by atoms with Gasteiger partial charge in [-0.2, -0.15) is 0 Å². The van der Waals surface area contributed by atoms with E-state index in [0.717, 1.165) is 5.92 Å². The molecule has 0 fully saturated rings. The van der Waals surface area contributed by atoms with Gasteiger partial charge in [-0.3, -0.25) is 4.70 Å². The van der Waals surface area contributed by atoms with Gasteiger partial charge in [0.05, 0.1) is 0 Å². The van der Waals surface area contributed by atoms with Crippen LogP contribution >= 0.6 is 0 Å². The van der Waals surface area contributed by atoms with Crippen LogP contribution < -0.4 is 0 Å². The summed E-state index contributed by atoms with van der Waals surface area (Å²) in [6.07, 6.45) is 6.93. The van der Waals surface area contributed by atoms with Gasteiger partial charge in [-0.1, -0.05) is 67.7 Å². The van der Waals surface area contributed by atoms with Crippen molar-refractivity contribution in [2.45, 2.75) is 80.6 Å². The molecule has 0 nitrogen and oxygen atoms in total. The summed E-state index contributed by atoms with van der Waals surface area (Å²) in [4.78, 5) is 0. The molecule has 0 amide bonds. The second kappa shape index (κ2) is 7.29. The Balaban J connectivity index is 0. The lowest BCUT2D eigenvalue weighted by Crippen LogP contribution is -2.20. The zero-order valence-corrected chi connectivity index (χ0v) is 12.5. The van der Waals surface area contributed by atoms with Crippen LogP contribution in [0.1, 0.15) is 80.6 Å². The van der Waals surface area contributed by atoms with E-state index in [4.69, 9.17) is 0 Å². The Morgan fingerprint density at radius 2 is 1.38 bits per heavy atom. The predicted molar refractivity (Wildman–Crippen MR) is 73.7 cm³/mol. The average Bonchev–Trinajstić information content (AvgIpc) is 1.93. The minimum absolute atomic E-state index is 0. The minimum atomic E-state index is 0. The topological polar surface area (TPSA) is 0 Å². The smallest absolute Gasteiger partial charge is 0.0349 e. The highest BCUT2D eigenvalue weighted by atomic mass is 19.0. The average molecular weight is 232 g/mol. The van der Waals surface area contributed by atoms with E-state index in [1.807, 2.05) is 0 Å². The number of unbranched alkanes of at least 4 members (excludes halogenated alkanes) is 1. The van der Waals surface area contributed by atoms with Gasteiger partial charge >= 0.3 is 0 Å². The van der Waals surface area contributed by atoms with Gasteiger partial charge < -0.3 is 0 Å². The van der Waals surface area contributed by atoms with E-state index in [9.17, 15) is 0 Å². The van der Waals surface area contributed by atoms with Gasteiger partial charge in [-0.15, -0.1) is 0 Å². The standard InChI is InChI=1S/C15H32.FH/c1-13(2)10-8-9-11-15(6,7)12-14(3,4)5;/h13H,8-12H2,1-7H3;1H. The lowest BCUT2D eigenvalue weighted by molar-refractivity contribution is 0.193. The highest BCUT2D eigenvalue weighted by molar-refractivity contribution is 4.76. The Morgan fingerprint density at radius 1 is 0.875 bits per heavy atom. The van der Waals surface area contributed by atoms with Crippen LogP contribution in [0.15, 0.2) is 0 Å². The van der Waals surface area contributed by atoms with Gasteiger partial charge in [0.25, 0.3) is 0 Å². The SMILES string of the molecule is CC(C)CCCCC(C)(C)CC(C)(C)C.F. The summed E-state index contributed by atoms with van der Waals surface area (Å²) in [5.74, 6) is 0.871. The summed E-state index contributed by atoms with van der Waals surface area (Å²) < 4.78 is 0. The third-order valence-electron chi connectivity index (χ3n) is 2.89. The van der Waals surface area contributed by atoms with Crippen LogP contribution in [-0.4, -0.2) is 0 Å². The maximum absolute atomic E-state index is 2.42. The second-order valence-electron chi connectivity index (χ2n) is 7.54. The summed E-state index contributed by atoms with van der Waals surface area (Å²) in [6.45, 7) is 16.5. The van der Waals surface area contributed by atoms with Crippen LogP contribution in [0.25, 0.3) is 0 Å². The van der Waals surface area contributed by atoms with E-state index < -0.39 is 0 Å². The van der Waals surface area contributed by atoms with E-state index >= 15 is 0 Å². The molecule has 0 aliphatic rings. The molecule has 100 valence electrons. The zero-order chi connectivity index (χ0) is 12.1. The van der Waals surface area contributed by atoms with Crippen LogP contribution in [0.3, 0.4) is 0 Å². The van der Waals surface area contributed by atoms with Gasteiger partial charge in [0.15, 0.2) is 0 Å². The molecule has 0 saturated heterocycles. The van der Waals surface area contributed by atoms with Crippen molar-refractivity contribution in [3.8, 4) is 0 Å². The molecule has 0 aliphatic heterocycles. The molecule has 0 heterocycles. The molecule has 0 N–H and O–H groups in total.